The Bertz CT molecular complexity index is 462. The van der Waals surface area contributed by atoms with Crippen LogP contribution >= 0.6 is 0 Å². The van der Waals surface area contributed by atoms with E-state index in [1.807, 2.05) is 43.0 Å². The summed E-state index contributed by atoms with van der Waals surface area (Å²) in [6, 6.07) is 7.61. The van der Waals surface area contributed by atoms with Crippen molar-refractivity contribution in [2.24, 2.45) is 5.73 Å². The first kappa shape index (κ1) is 13.8. The molecule has 0 aliphatic carbocycles. The minimum Gasteiger partial charge on any atom is -0.387 e. The molecule has 1 aromatic rings. The van der Waals surface area contributed by atoms with Crippen LogP contribution in [0.25, 0.3) is 0 Å². The maximum Gasteiger partial charge on any atom is 0.324 e. The van der Waals surface area contributed by atoms with Crippen LogP contribution in [0.15, 0.2) is 24.3 Å². The maximum absolute atomic E-state index is 12.3. The van der Waals surface area contributed by atoms with Crippen LogP contribution in [0.4, 0.5) is 10.5 Å². The van der Waals surface area contributed by atoms with Crippen LogP contribution in [0.3, 0.4) is 0 Å². The molecule has 0 spiro atoms. The minimum atomic E-state index is -0.682. The van der Waals surface area contributed by atoms with Crippen LogP contribution in [-0.4, -0.2) is 41.7 Å². The van der Waals surface area contributed by atoms with Gasteiger partial charge in [0.05, 0.1) is 6.10 Å². The largest absolute Gasteiger partial charge is 0.387 e. The van der Waals surface area contributed by atoms with Crippen molar-refractivity contribution in [3.63, 3.8) is 0 Å². The van der Waals surface area contributed by atoms with Gasteiger partial charge in [-0.05, 0) is 31.5 Å². The number of rotatable bonds is 4. The number of nitrogens with zero attached hydrogens (tertiary/aromatic N) is 2. The molecule has 5 heteroatoms. The molecule has 0 radical (unpaired) electrons. The van der Waals surface area contributed by atoms with Crippen LogP contribution in [-0.2, 0) is 0 Å². The number of aliphatic hydroxyl groups excluding tert-OH is 1. The second kappa shape index (κ2) is 5.59. The third kappa shape index (κ3) is 2.72. The summed E-state index contributed by atoms with van der Waals surface area (Å²) in [5.74, 6) is 0. The lowest BCUT2D eigenvalue weighted by Crippen LogP contribution is -2.36. The van der Waals surface area contributed by atoms with Gasteiger partial charge in [0.2, 0.25) is 0 Å². The van der Waals surface area contributed by atoms with E-state index in [1.165, 1.54) is 0 Å². The molecule has 0 aromatic heterocycles. The predicted octanol–water partition coefficient (Wildman–Crippen LogP) is 1.33. The van der Waals surface area contributed by atoms with E-state index >= 15 is 0 Å². The second-order valence-corrected chi connectivity index (χ2v) is 5.07. The number of nitrogens with two attached hydrogens (primary N) is 1. The molecule has 1 aromatic carbocycles. The SMILES string of the molecule is CC(C)N1CCN(c2cccc(C(O)CN)c2)C1=O. The van der Waals surface area contributed by atoms with Gasteiger partial charge in [-0.25, -0.2) is 4.79 Å². The second-order valence-electron chi connectivity index (χ2n) is 5.07. The fourth-order valence-electron chi connectivity index (χ4n) is 2.31. The van der Waals surface area contributed by atoms with Crippen molar-refractivity contribution in [3.05, 3.63) is 29.8 Å². The summed E-state index contributed by atoms with van der Waals surface area (Å²) >= 11 is 0. The van der Waals surface area contributed by atoms with E-state index < -0.39 is 6.10 Å². The average Bonchev–Trinajstić information content (AvgIpc) is 2.80. The molecule has 104 valence electrons. The molecule has 2 amide bonds. The van der Waals surface area contributed by atoms with Crippen LogP contribution in [0.2, 0.25) is 0 Å². The van der Waals surface area contributed by atoms with Crippen molar-refractivity contribution in [1.29, 1.82) is 0 Å². The Morgan fingerprint density at radius 3 is 2.68 bits per heavy atom. The van der Waals surface area contributed by atoms with Gasteiger partial charge in [0, 0.05) is 31.4 Å². The van der Waals surface area contributed by atoms with E-state index in [-0.39, 0.29) is 18.6 Å². The van der Waals surface area contributed by atoms with E-state index in [2.05, 4.69) is 0 Å². The molecule has 1 unspecified atom stereocenters. The summed E-state index contributed by atoms with van der Waals surface area (Å²) < 4.78 is 0. The standard InChI is InChI=1S/C14H21N3O2/c1-10(2)16-6-7-17(14(16)19)12-5-3-4-11(8-12)13(18)9-15/h3-5,8,10,13,18H,6-7,9,15H2,1-2H3. The molecule has 1 aliphatic rings. The molecular formula is C14H21N3O2. The number of carbonyl (C=O) groups excluding carboxylic acids is 1. The quantitative estimate of drug-likeness (QED) is 0.861. The van der Waals surface area contributed by atoms with Gasteiger partial charge >= 0.3 is 6.03 Å². The third-order valence-corrected chi connectivity index (χ3v) is 3.45. The number of amides is 2. The van der Waals surface area contributed by atoms with Crippen molar-refractivity contribution < 1.29 is 9.90 Å². The average molecular weight is 263 g/mol. The Labute approximate surface area is 113 Å². The van der Waals surface area contributed by atoms with E-state index in [9.17, 15) is 9.90 Å². The highest BCUT2D eigenvalue weighted by Crippen LogP contribution is 2.24. The number of anilines is 1. The van der Waals surface area contributed by atoms with Gasteiger partial charge in [0.25, 0.3) is 0 Å². The summed E-state index contributed by atoms with van der Waals surface area (Å²) in [4.78, 5) is 15.8. The summed E-state index contributed by atoms with van der Waals surface area (Å²) in [5, 5.41) is 9.76. The van der Waals surface area contributed by atoms with Crippen molar-refractivity contribution >= 4 is 11.7 Å². The first-order chi connectivity index (χ1) is 9.04. The molecule has 1 aliphatic heterocycles. The molecule has 1 atom stereocenters. The fourth-order valence-corrected chi connectivity index (χ4v) is 2.31. The number of hydrogen-bond donors (Lipinski definition) is 2. The van der Waals surface area contributed by atoms with Crippen molar-refractivity contribution in [1.82, 2.24) is 4.90 Å². The minimum absolute atomic E-state index is 0.0226. The van der Waals surface area contributed by atoms with Gasteiger partial charge in [-0.15, -0.1) is 0 Å². The van der Waals surface area contributed by atoms with Crippen LogP contribution < -0.4 is 10.6 Å². The smallest absolute Gasteiger partial charge is 0.324 e. The van der Waals surface area contributed by atoms with Crippen LogP contribution in [0.5, 0.6) is 0 Å². The molecule has 1 heterocycles. The molecule has 1 fully saturated rings. The lowest BCUT2D eigenvalue weighted by Gasteiger charge is -2.22. The van der Waals surface area contributed by atoms with Crippen LogP contribution in [0, 0.1) is 0 Å². The monoisotopic (exact) mass is 263 g/mol. The van der Waals surface area contributed by atoms with E-state index in [1.54, 1.807) is 4.90 Å². The topological polar surface area (TPSA) is 69.8 Å². The van der Waals surface area contributed by atoms with E-state index in [0.29, 0.717) is 6.54 Å². The van der Waals surface area contributed by atoms with E-state index in [0.717, 1.165) is 17.8 Å². The maximum atomic E-state index is 12.3. The highest BCUT2D eigenvalue weighted by Gasteiger charge is 2.31. The molecule has 0 bridgehead atoms. The Morgan fingerprint density at radius 2 is 2.11 bits per heavy atom. The number of benzene rings is 1. The zero-order valence-corrected chi connectivity index (χ0v) is 11.4. The van der Waals surface area contributed by atoms with Gasteiger partial charge < -0.3 is 15.7 Å². The molecular weight excluding hydrogens is 242 g/mol. The van der Waals surface area contributed by atoms with Crippen molar-refractivity contribution in [2.75, 3.05) is 24.5 Å². The Morgan fingerprint density at radius 1 is 1.37 bits per heavy atom. The number of hydrogen-bond acceptors (Lipinski definition) is 3. The van der Waals surface area contributed by atoms with Gasteiger partial charge in [-0.1, -0.05) is 12.1 Å². The van der Waals surface area contributed by atoms with Gasteiger partial charge in [0.15, 0.2) is 0 Å². The first-order valence-corrected chi connectivity index (χ1v) is 6.61. The van der Waals surface area contributed by atoms with Crippen molar-refractivity contribution in [2.45, 2.75) is 26.0 Å². The van der Waals surface area contributed by atoms with Crippen LogP contribution in [0.1, 0.15) is 25.5 Å². The Kier molecular flexibility index (Phi) is 4.07. The van der Waals surface area contributed by atoms with Gasteiger partial charge in [0.1, 0.15) is 0 Å². The lowest BCUT2D eigenvalue weighted by molar-refractivity contribution is 0.186. The van der Waals surface area contributed by atoms with Gasteiger partial charge in [-0.3, -0.25) is 4.90 Å². The predicted molar refractivity (Wildman–Crippen MR) is 75.0 cm³/mol. The lowest BCUT2D eigenvalue weighted by atomic mass is 10.1. The summed E-state index contributed by atoms with van der Waals surface area (Å²) in [5.41, 5.74) is 7.02. The number of urea groups is 1. The Hall–Kier alpha value is -1.59. The van der Waals surface area contributed by atoms with Gasteiger partial charge in [-0.2, -0.15) is 0 Å². The fraction of sp³-hybridized carbons (Fsp3) is 0.500. The summed E-state index contributed by atoms with van der Waals surface area (Å²) in [6.45, 7) is 5.61. The molecule has 0 saturated carbocycles. The molecule has 1 saturated heterocycles. The highest BCUT2D eigenvalue weighted by molar-refractivity contribution is 5.94. The zero-order chi connectivity index (χ0) is 14.0. The first-order valence-electron chi connectivity index (χ1n) is 6.61. The number of aliphatic hydroxyl groups is 1. The molecule has 3 N–H and O–H groups in total. The molecule has 2 rings (SSSR count). The Balaban J connectivity index is 2.21. The zero-order valence-electron chi connectivity index (χ0n) is 11.4. The highest BCUT2D eigenvalue weighted by atomic mass is 16.3. The summed E-state index contributed by atoms with van der Waals surface area (Å²) in [6.07, 6.45) is -0.682. The van der Waals surface area contributed by atoms with Crippen molar-refractivity contribution in [3.8, 4) is 0 Å². The molecule has 19 heavy (non-hydrogen) atoms. The molecule has 5 nitrogen and oxygen atoms in total. The normalized spacial score (nSPS) is 17.4. The summed E-state index contributed by atoms with van der Waals surface area (Å²) in [7, 11) is 0. The third-order valence-electron chi connectivity index (χ3n) is 3.45. The number of carbonyl (C=O) groups is 1. The van der Waals surface area contributed by atoms with E-state index in [4.69, 9.17) is 5.73 Å².